The highest BCUT2D eigenvalue weighted by Gasteiger charge is 2.52. The van der Waals surface area contributed by atoms with Crippen LogP contribution >= 0.6 is 0 Å². The van der Waals surface area contributed by atoms with Crippen LogP contribution in [-0.2, 0) is 23.2 Å². The minimum atomic E-state index is -0.298. The Bertz CT molecular complexity index is 1500. The van der Waals surface area contributed by atoms with Crippen LogP contribution in [0.2, 0.25) is 0 Å². The zero-order valence-corrected chi connectivity index (χ0v) is 23.1. The molecule has 0 unspecified atom stereocenters. The number of rotatable bonds is 8. The normalized spacial score (nSPS) is 24.9. The van der Waals surface area contributed by atoms with Crippen molar-refractivity contribution >= 4 is 16.7 Å². The molecule has 3 heteroatoms. The summed E-state index contributed by atoms with van der Waals surface area (Å²) in [7, 11) is 0. The van der Waals surface area contributed by atoms with Gasteiger partial charge in [0.15, 0.2) is 0 Å². The number of aliphatic hydroxyl groups is 1. The van der Waals surface area contributed by atoms with Gasteiger partial charge in [-0.2, -0.15) is 0 Å². The highest BCUT2D eigenvalue weighted by molar-refractivity contribution is 5.96. The summed E-state index contributed by atoms with van der Waals surface area (Å²) in [5, 5.41) is 11.8. The van der Waals surface area contributed by atoms with Gasteiger partial charge in [0, 0.05) is 6.61 Å². The average molecular weight is 531 g/mol. The molecule has 40 heavy (non-hydrogen) atoms. The molecule has 0 saturated heterocycles. The lowest BCUT2D eigenvalue weighted by Crippen LogP contribution is -2.49. The van der Waals surface area contributed by atoms with Crippen LogP contribution in [0.4, 0.5) is 0 Å². The molecule has 0 aliphatic heterocycles. The number of benzene rings is 4. The summed E-state index contributed by atoms with van der Waals surface area (Å²) < 4.78 is 5.55. The standard InChI is InChI=1S/C37H38O3/c38-14-4-7-29-8-9-33(20-35(29)37-21-26-15-27(22-37)17-28(16-26)23-37)31-10-11-32-19-34(13-12-30(32)18-31)36(39)40-24-25-5-2-1-3-6-25/h1-3,5-6,8-13,18-20,26-28,38H,4,7,14-17,21-24H2. The van der Waals surface area contributed by atoms with Crippen LogP contribution in [0.1, 0.15) is 72.0 Å². The fourth-order valence-electron chi connectivity index (χ4n) is 8.54. The van der Waals surface area contributed by atoms with E-state index >= 15 is 0 Å². The minimum absolute atomic E-state index is 0.245. The van der Waals surface area contributed by atoms with E-state index < -0.39 is 0 Å². The molecule has 204 valence electrons. The lowest BCUT2D eigenvalue weighted by molar-refractivity contribution is -0.00558. The molecule has 4 fully saturated rings. The van der Waals surface area contributed by atoms with Gasteiger partial charge < -0.3 is 9.84 Å². The van der Waals surface area contributed by atoms with E-state index in [9.17, 15) is 9.90 Å². The van der Waals surface area contributed by atoms with Gasteiger partial charge in [-0.15, -0.1) is 0 Å². The summed E-state index contributed by atoms with van der Waals surface area (Å²) in [4.78, 5) is 12.7. The molecule has 4 bridgehead atoms. The maximum atomic E-state index is 12.7. The predicted octanol–water partition coefficient (Wildman–Crippen LogP) is 8.26. The van der Waals surface area contributed by atoms with Crippen molar-refractivity contribution in [1.29, 1.82) is 0 Å². The Morgan fingerprint density at radius 1 is 0.775 bits per heavy atom. The smallest absolute Gasteiger partial charge is 0.338 e. The molecule has 4 aliphatic carbocycles. The summed E-state index contributed by atoms with van der Waals surface area (Å²) in [5.74, 6) is 2.40. The van der Waals surface area contributed by atoms with E-state index in [1.807, 2.05) is 48.5 Å². The van der Waals surface area contributed by atoms with Crippen molar-refractivity contribution in [2.75, 3.05) is 6.61 Å². The zero-order valence-electron chi connectivity index (χ0n) is 23.1. The van der Waals surface area contributed by atoms with Crippen LogP contribution in [0.25, 0.3) is 21.9 Å². The van der Waals surface area contributed by atoms with Gasteiger partial charge in [0.25, 0.3) is 0 Å². The Labute approximate surface area is 237 Å². The number of fused-ring (bicyclic) bond motifs is 1. The van der Waals surface area contributed by atoms with E-state index in [1.54, 1.807) is 5.56 Å². The van der Waals surface area contributed by atoms with Gasteiger partial charge in [-0.1, -0.05) is 66.7 Å². The van der Waals surface area contributed by atoms with E-state index in [2.05, 4.69) is 36.4 Å². The zero-order chi connectivity index (χ0) is 27.1. The third-order valence-corrected chi connectivity index (χ3v) is 9.95. The molecule has 0 heterocycles. The molecule has 8 rings (SSSR count). The Hall–Kier alpha value is -3.43. The van der Waals surface area contributed by atoms with Crippen LogP contribution < -0.4 is 0 Å². The Kier molecular flexibility index (Phi) is 6.71. The topological polar surface area (TPSA) is 46.5 Å². The Morgan fingerprint density at radius 2 is 1.43 bits per heavy atom. The van der Waals surface area contributed by atoms with E-state index in [4.69, 9.17) is 4.74 Å². The molecule has 4 saturated carbocycles. The first-order chi connectivity index (χ1) is 19.6. The summed E-state index contributed by atoms with van der Waals surface area (Å²) >= 11 is 0. The second-order valence-electron chi connectivity index (χ2n) is 12.7. The fraction of sp³-hybridized carbons (Fsp3) is 0.378. The van der Waals surface area contributed by atoms with Crippen LogP contribution in [0.3, 0.4) is 0 Å². The average Bonchev–Trinajstić information content (AvgIpc) is 2.98. The second-order valence-corrected chi connectivity index (χ2v) is 12.7. The van der Waals surface area contributed by atoms with Crippen molar-refractivity contribution in [2.24, 2.45) is 17.8 Å². The number of ether oxygens (including phenoxy) is 1. The molecular weight excluding hydrogens is 492 g/mol. The van der Waals surface area contributed by atoms with E-state index in [0.717, 1.165) is 46.9 Å². The van der Waals surface area contributed by atoms with Gasteiger partial charge in [0.1, 0.15) is 6.61 Å². The monoisotopic (exact) mass is 530 g/mol. The largest absolute Gasteiger partial charge is 0.457 e. The maximum absolute atomic E-state index is 12.7. The van der Waals surface area contributed by atoms with E-state index in [0.29, 0.717) is 11.0 Å². The van der Waals surface area contributed by atoms with Crippen molar-refractivity contribution < 1.29 is 14.6 Å². The number of hydrogen-bond donors (Lipinski definition) is 1. The van der Waals surface area contributed by atoms with Gasteiger partial charge in [0.05, 0.1) is 5.56 Å². The molecule has 4 aromatic rings. The van der Waals surface area contributed by atoms with Crippen molar-refractivity contribution in [3.05, 3.63) is 107 Å². The van der Waals surface area contributed by atoms with E-state index in [-0.39, 0.29) is 19.2 Å². The van der Waals surface area contributed by atoms with Crippen molar-refractivity contribution in [3.63, 3.8) is 0 Å². The highest BCUT2D eigenvalue weighted by atomic mass is 16.5. The molecule has 0 atom stereocenters. The molecule has 0 spiro atoms. The van der Waals surface area contributed by atoms with Gasteiger partial charge in [0.2, 0.25) is 0 Å². The number of esters is 1. The molecular formula is C37H38O3. The Balaban J connectivity index is 1.17. The second kappa shape index (κ2) is 10.5. The number of hydrogen-bond acceptors (Lipinski definition) is 3. The molecule has 1 N–H and O–H groups in total. The van der Waals surface area contributed by atoms with Gasteiger partial charge in [-0.3, -0.25) is 0 Å². The third kappa shape index (κ3) is 4.86. The number of carbonyl (C=O) groups is 1. The first kappa shape index (κ1) is 25.5. The van der Waals surface area contributed by atoms with Crippen LogP contribution in [0, 0.1) is 17.8 Å². The van der Waals surface area contributed by atoms with Crippen LogP contribution in [-0.4, -0.2) is 17.7 Å². The molecule has 3 nitrogen and oxygen atoms in total. The Morgan fingerprint density at radius 3 is 2.15 bits per heavy atom. The van der Waals surface area contributed by atoms with Gasteiger partial charge in [-0.25, -0.2) is 4.79 Å². The molecule has 4 aromatic carbocycles. The van der Waals surface area contributed by atoms with Crippen LogP contribution in [0.5, 0.6) is 0 Å². The third-order valence-electron chi connectivity index (χ3n) is 9.95. The summed E-state index contributed by atoms with van der Waals surface area (Å²) in [5.41, 5.74) is 7.37. The van der Waals surface area contributed by atoms with Crippen LogP contribution in [0.15, 0.2) is 84.9 Å². The summed E-state index contributed by atoms with van der Waals surface area (Å²) in [6.45, 7) is 0.519. The SMILES string of the molecule is O=C(OCc1ccccc1)c1ccc2cc(-c3ccc(CCCO)c(C45CC6CC(CC(C6)C4)C5)c3)ccc2c1. The summed E-state index contributed by atoms with van der Waals surface area (Å²) in [6, 6.07) is 29.3. The minimum Gasteiger partial charge on any atom is -0.457 e. The fourth-order valence-corrected chi connectivity index (χ4v) is 8.54. The van der Waals surface area contributed by atoms with Gasteiger partial charge in [-0.05, 0) is 131 Å². The number of aryl methyl sites for hydroxylation is 1. The molecule has 0 amide bonds. The first-order valence-corrected chi connectivity index (χ1v) is 15.1. The van der Waals surface area contributed by atoms with Gasteiger partial charge >= 0.3 is 5.97 Å². The first-order valence-electron chi connectivity index (χ1n) is 15.1. The van der Waals surface area contributed by atoms with Crippen molar-refractivity contribution in [2.45, 2.75) is 63.4 Å². The van der Waals surface area contributed by atoms with Crippen molar-refractivity contribution in [1.82, 2.24) is 0 Å². The summed E-state index contributed by atoms with van der Waals surface area (Å²) in [6.07, 6.45) is 10.1. The lowest BCUT2D eigenvalue weighted by Gasteiger charge is -2.57. The molecule has 4 aliphatic rings. The lowest BCUT2D eigenvalue weighted by atomic mass is 9.47. The quantitative estimate of drug-likeness (QED) is 0.233. The highest BCUT2D eigenvalue weighted by Crippen LogP contribution is 2.61. The van der Waals surface area contributed by atoms with Crippen molar-refractivity contribution in [3.8, 4) is 11.1 Å². The van der Waals surface area contributed by atoms with E-state index in [1.165, 1.54) is 55.2 Å². The molecule has 0 radical (unpaired) electrons. The number of aliphatic hydroxyl groups excluding tert-OH is 1. The predicted molar refractivity (Wildman–Crippen MR) is 160 cm³/mol. The molecule has 0 aromatic heterocycles. The number of carbonyl (C=O) groups excluding carboxylic acids is 1. The maximum Gasteiger partial charge on any atom is 0.338 e.